The predicted octanol–water partition coefficient (Wildman–Crippen LogP) is 1.67. The lowest BCUT2D eigenvalue weighted by Gasteiger charge is -1.82. The van der Waals surface area contributed by atoms with Gasteiger partial charge in [0.1, 0.15) is 0 Å². The number of rotatable bonds is 3. The van der Waals surface area contributed by atoms with E-state index in [1.165, 1.54) is 0 Å². The third-order valence-corrected chi connectivity index (χ3v) is 0.669. The summed E-state index contributed by atoms with van der Waals surface area (Å²) in [5.74, 6) is 0. The third-order valence-electron chi connectivity index (χ3n) is 0.669. The van der Waals surface area contributed by atoms with Crippen molar-refractivity contribution in [3.8, 4) is 0 Å². The van der Waals surface area contributed by atoms with E-state index in [1.807, 2.05) is 26.1 Å². The summed E-state index contributed by atoms with van der Waals surface area (Å²) in [5, 5.41) is 2.90. The average molecular weight is 124 g/mol. The molecule has 0 rings (SSSR count). The average Bonchev–Trinajstić information content (AvgIpc) is 1.89. The largest absolute Gasteiger partial charge is 0.367 e. The number of nitrogens with one attached hydrogen (secondary N) is 1. The van der Waals surface area contributed by atoms with Crippen molar-refractivity contribution in [1.29, 1.82) is 0 Å². The fourth-order valence-electron chi connectivity index (χ4n) is 0.324. The second kappa shape index (κ2) is 6.95. The molecule has 1 N–H and O–H groups in total. The molecule has 0 heterocycles. The van der Waals surface area contributed by atoms with E-state index in [1.54, 1.807) is 18.6 Å². The van der Waals surface area contributed by atoms with E-state index in [4.69, 9.17) is 0 Å². The van der Waals surface area contributed by atoms with Crippen LogP contribution < -0.4 is 5.32 Å². The van der Waals surface area contributed by atoms with Crippen molar-refractivity contribution in [2.24, 2.45) is 4.99 Å². The predicted molar refractivity (Wildman–Crippen MR) is 41.3 cm³/mol. The zero-order chi connectivity index (χ0) is 6.95. The molecule has 0 fully saturated rings. The molecular weight excluding hydrogens is 112 g/mol. The Morgan fingerprint density at radius 1 is 1.22 bits per heavy atom. The van der Waals surface area contributed by atoms with Crippen molar-refractivity contribution in [2.75, 3.05) is 0 Å². The number of hydrogen-bond acceptors (Lipinski definition) is 2. The van der Waals surface area contributed by atoms with Crippen molar-refractivity contribution in [2.45, 2.75) is 13.8 Å². The summed E-state index contributed by atoms with van der Waals surface area (Å²) in [6.45, 7) is 3.82. The van der Waals surface area contributed by atoms with Gasteiger partial charge in [0.2, 0.25) is 0 Å². The topological polar surface area (TPSA) is 24.4 Å². The summed E-state index contributed by atoms with van der Waals surface area (Å²) < 4.78 is 0. The van der Waals surface area contributed by atoms with Crippen LogP contribution in [-0.4, -0.2) is 6.21 Å². The molecule has 50 valence electrons. The van der Waals surface area contributed by atoms with Gasteiger partial charge in [-0.15, -0.1) is 0 Å². The molecule has 2 heteroatoms. The first kappa shape index (κ1) is 7.95. The first-order chi connectivity index (χ1) is 4.41. The van der Waals surface area contributed by atoms with E-state index in [2.05, 4.69) is 10.3 Å². The van der Waals surface area contributed by atoms with Gasteiger partial charge in [0, 0.05) is 18.6 Å². The van der Waals surface area contributed by atoms with Crippen LogP contribution in [0.3, 0.4) is 0 Å². The Balaban J connectivity index is 3.25. The summed E-state index contributed by atoms with van der Waals surface area (Å²) >= 11 is 0. The Morgan fingerprint density at radius 2 is 2.00 bits per heavy atom. The van der Waals surface area contributed by atoms with Crippen LogP contribution in [0.25, 0.3) is 0 Å². The molecule has 9 heavy (non-hydrogen) atoms. The fraction of sp³-hybridized carbons (Fsp3) is 0.286. The molecule has 0 aromatic carbocycles. The van der Waals surface area contributed by atoms with Crippen LogP contribution in [0.5, 0.6) is 0 Å². The van der Waals surface area contributed by atoms with Gasteiger partial charge in [-0.05, 0) is 20.0 Å². The second-order valence-electron chi connectivity index (χ2n) is 1.39. The van der Waals surface area contributed by atoms with Crippen molar-refractivity contribution < 1.29 is 0 Å². The van der Waals surface area contributed by atoms with Gasteiger partial charge < -0.3 is 5.32 Å². The summed E-state index contributed by atoms with van der Waals surface area (Å²) in [7, 11) is 0. The number of allylic oxidation sites excluding steroid dienone is 1. The van der Waals surface area contributed by atoms with Crippen molar-refractivity contribution in [3.63, 3.8) is 0 Å². The maximum Gasteiger partial charge on any atom is 0.0423 e. The standard InChI is InChI=1S/C7H12N2/c1-3-5-9-7-6-8-4-2/h3-7,9H,1-2H3/b5-3-,7-6-,8-4?. The molecule has 0 saturated heterocycles. The molecular formula is C7H12N2. The molecule has 0 aliphatic heterocycles. The van der Waals surface area contributed by atoms with E-state index in [0.29, 0.717) is 0 Å². The quantitative estimate of drug-likeness (QED) is 0.568. The van der Waals surface area contributed by atoms with Gasteiger partial charge in [0.15, 0.2) is 0 Å². The van der Waals surface area contributed by atoms with Crippen LogP contribution in [0.1, 0.15) is 13.8 Å². The van der Waals surface area contributed by atoms with Crippen molar-refractivity contribution >= 4 is 6.21 Å². The molecule has 0 radical (unpaired) electrons. The van der Waals surface area contributed by atoms with Crippen LogP contribution in [0, 0.1) is 0 Å². The van der Waals surface area contributed by atoms with Crippen LogP contribution in [0.15, 0.2) is 29.7 Å². The zero-order valence-corrected chi connectivity index (χ0v) is 5.83. The molecule has 0 aliphatic rings. The molecule has 0 aromatic heterocycles. The highest BCUT2D eigenvalue weighted by molar-refractivity contribution is 5.54. The van der Waals surface area contributed by atoms with E-state index < -0.39 is 0 Å². The highest BCUT2D eigenvalue weighted by Crippen LogP contribution is 1.69. The molecule has 0 unspecified atom stereocenters. The Kier molecular flexibility index (Phi) is 6.14. The van der Waals surface area contributed by atoms with Crippen molar-refractivity contribution in [3.05, 3.63) is 24.7 Å². The summed E-state index contributed by atoms with van der Waals surface area (Å²) in [4.78, 5) is 3.84. The molecule has 0 aromatic rings. The van der Waals surface area contributed by atoms with Gasteiger partial charge in [-0.2, -0.15) is 0 Å². The molecule has 0 amide bonds. The maximum absolute atomic E-state index is 3.84. The Morgan fingerprint density at radius 3 is 2.56 bits per heavy atom. The Labute approximate surface area is 56.0 Å². The number of hydrogen-bond donors (Lipinski definition) is 1. The molecule has 0 bridgehead atoms. The Hall–Kier alpha value is -1.05. The Bertz CT molecular complexity index is 123. The minimum absolute atomic E-state index is 1.69. The fourth-order valence-corrected chi connectivity index (χ4v) is 0.324. The lowest BCUT2D eigenvalue weighted by Crippen LogP contribution is -1.88. The highest BCUT2D eigenvalue weighted by atomic mass is 14.8. The summed E-state index contributed by atoms with van der Waals surface area (Å²) in [5.41, 5.74) is 0. The first-order valence-electron chi connectivity index (χ1n) is 2.92. The summed E-state index contributed by atoms with van der Waals surface area (Å²) in [6, 6.07) is 0. The van der Waals surface area contributed by atoms with E-state index in [9.17, 15) is 0 Å². The van der Waals surface area contributed by atoms with Gasteiger partial charge >= 0.3 is 0 Å². The monoisotopic (exact) mass is 124 g/mol. The smallest absolute Gasteiger partial charge is 0.0423 e. The van der Waals surface area contributed by atoms with Crippen molar-refractivity contribution in [1.82, 2.24) is 5.32 Å². The molecule has 2 nitrogen and oxygen atoms in total. The zero-order valence-electron chi connectivity index (χ0n) is 5.83. The lowest BCUT2D eigenvalue weighted by atomic mass is 10.7. The molecule has 0 spiro atoms. The van der Waals surface area contributed by atoms with Gasteiger partial charge in [-0.1, -0.05) is 6.08 Å². The van der Waals surface area contributed by atoms with Gasteiger partial charge in [0.25, 0.3) is 0 Å². The van der Waals surface area contributed by atoms with Crippen LogP contribution in [-0.2, 0) is 0 Å². The van der Waals surface area contributed by atoms with Crippen LogP contribution in [0.2, 0.25) is 0 Å². The number of nitrogens with zero attached hydrogens (tertiary/aromatic N) is 1. The SMILES string of the molecule is CC=N/C=C\N/C=C\C. The lowest BCUT2D eigenvalue weighted by molar-refractivity contribution is 1.18. The van der Waals surface area contributed by atoms with Gasteiger partial charge in [-0.25, -0.2) is 0 Å². The highest BCUT2D eigenvalue weighted by Gasteiger charge is 1.59. The minimum atomic E-state index is 1.69. The second-order valence-corrected chi connectivity index (χ2v) is 1.39. The molecule has 0 atom stereocenters. The van der Waals surface area contributed by atoms with E-state index in [-0.39, 0.29) is 0 Å². The first-order valence-corrected chi connectivity index (χ1v) is 2.92. The number of aliphatic imine (C=N–C) groups is 1. The van der Waals surface area contributed by atoms with E-state index >= 15 is 0 Å². The summed E-state index contributed by atoms with van der Waals surface area (Å²) in [6.07, 6.45) is 8.94. The molecule has 0 saturated carbocycles. The van der Waals surface area contributed by atoms with Gasteiger partial charge in [-0.3, -0.25) is 4.99 Å². The maximum atomic E-state index is 3.84. The van der Waals surface area contributed by atoms with Gasteiger partial charge in [0.05, 0.1) is 0 Å². The van der Waals surface area contributed by atoms with E-state index in [0.717, 1.165) is 0 Å². The van der Waals surface area contributed by atoms with Crippen LogP contribution in [0.4, 0.5) is 0 Å². The third kappa shape index (κ3) is 6.95. The normalized spacial score (nSPS) is 12.2. The molecule has 0 aliphatic carbocycles. The minimum Gasteiger partial charge on any atom is -0.367 e. The van der Waals surface area contributed by atoms with Crippen LogP contribution >= 0.6 is 0 Å².